The molecule has 0 amide bonds. The zero-order valence-electron chi connectivity index (χ0n) is 12.0. The van der Waals surface area contributed by atoms with E-state index in [-0.39, 0.29) is 6.04 Å². The summed E-state index contributed by atoms with van der Waals surface area (Å²) in [5, 5.41) is 3.96. The molecule has 0 aliphatic carbocycles. The van der Waals surface area contributed by atoms with E-state index in [2.05, 4.69) is 5.32 Å². The Kier molecular flexibility index (Phi) is 7.27. The highest BCUT2D eigenvalue weighted by Gasteiger charge is 2.30. The van der Waals surface area contributed by atoms with Crippen molar-refractivity contribution in [1.29, 1.82) is 0 Å². The third-order valence-electron chi connectivity index (χ3n) is 3.29. The first-order valence-electron chi connectivity index (χ1n) is 6.68. The van der Waals surface area contributed by atoms with Gasteiger partial charge in [0.15, 0.2) is 0 Å². The Balaban J connectivity index is 2.72. The highest BCUT2D eigenvalue weighted by atomic mass is 35.5. The molecule has 0 heterocycles. The summed E-state index contributed by atoms with van der Waals surface area (Å²) in [6.45, 7) is 1.49. The lowest BCUT2D eigenvalue weighted by molar-refractivity contribution is -0.145. The number of nitrogens with one attached hydrogen (secondary N) is 1. The van der Waals surface area contributed by atoms with Gasteiger partial charge in [-0.15, -0.1) is 0 Å². The fraction of sp³-hybridized carbons (Fsp3) is 0.571. The van der Waals surface area contributed by atoms with Crippen LogP contribution in [0.2, 0.25) is 10.0 Å². The molecule has 0 fully saturated rings. The molecule has 0 saturated carbocycles. The van der Waals surface area contributed by atoms with Gasteiger partial charge in [-0.25, -0.2) is 0 Å². The van der Waals surface area contributed by atoms with Crippen LogP contribution < -0.4 is 5.32 Å². The molecule has 2 nitrogen and oxygen atoms in total. The zero-order valence-corrected chi connectivity index (χ0v) is 13.5. The van der Waals surface area contributed by atoms with Crippen molar-refractivity contribution in [3.05, 3.63) is 33.8 Å². The van der Waals surface area contributed by atoms with Crippen LogP contribution in [0.1, 0.15) is 24.9 Å². The zero-order chi connectivity index (χ0) is 16.0. The summed E-state index contributed by atoms with van der Waals surface area (Å²) in [5.74, 6) is 0. The molecule has 1 N–H and O–H groups in total. The predicted molar refractivity (Wildman–Crippen MR) is 81.0 cm³/mol. The maximum absolute atomic E-state index is 12.4. The highest BCUT2D eigenvalue weighted by Crippen LogP contribution is 2.31. The van der Waals surface area contributed by atoms with E-state index < -0.39 is 12.7 Å². The van der Waals surface area contributed by atoms with Gasteiger partial charge in [-0.3, -0.25) is 4.90 Å². The van der Waals surface area contributed by atoms with Gasteiger partial charge in [0.1, 0.15) is 0 Å². The van der Waals surface area contributed by atoms with Crippen molar-refractivity contribution >= 4 is 23.2 Å². The third-order valence-corrected chi connectivity index (χ3v) is 4.12. The molecule has 0 saturated heterocycles. The summed E-state index contributed by atoms with van der Waals surface area (Å²) in [6, 6.07) is 5.15. The summed E-state index contributed by atoms with van der Waals surface area (Å²) < 4.78 is 37.3. The number of hydrogen-bond donors (Lipinski definition) is 1. The topological polar surface area (TPSA) is 15.3 Å². The minimum atomic E-state index is -4.18. The number of nitrogens with zero attached hydrogens (tertiary/aromatic N) is 1. The maximum atomic E-state index is 12.4. The van der Waals surface area contributed by atoms with E-state index in [1.807, 2.05) is 6.07 Å². The smallest absolute Gasteiger partial charge is 0.313 e. The van der Waals surface area contributed by atoms with E-state index in [0.717, 1.165) is 5.56 Å². The van der Waals surface area contributed by atoms with E-state index in [9.17, 15) is 13.2 Å². The Bertz CT molecular complexity index is 452. The summed E-state index contributed by atoms with van der Waals surface area (Å²) in [6.07, 6.45) is -3.67. The molecule has 1 atom stereocenters. The van der Waals surface area contributed by atoms with Gasteiger partial charge in [0.25, 0.3) is 0 Å². The summed E-state index contributed by atoms with van der Waals surface area (Å²) in [5.41, 5.74) is 0.801. The van der Waals surface area contributed by atoms with Crippen LogP contribution in [-0.2, 0) is 0 Å². The lowest BCUT2D eigenvalue weighted by Gasteiger charge is -2.25. The quantitative estimate of drug-likeness (QED) is 0.783. The van der Waals surface area contributed by atoms with Crippen molar-refractivity contribution in [3.8, 4) is 0 Å². The molecule has 1 aromatic carbocycles. The largest absolute Gasteiger partial charge is 0.401 e. The Morgan fingerprint density at radius 2 is 1.95 bits per heavy atom. The minimum Gasteiger partial charge on any atom is -0.313 e. The first-order chi connectivity index (χ1) is 9.78. The first kappa shape index (κ1) is 18.6. The average molecular weight is 343 g/mol. The molecule has 7 heteroatoms. The van der Waals surface area contributed by atoms with E-state index in [0.29, 0.717) is 29.6 Å². The van der Waals surface area contributed by atoms with Crippen LogP contribution in [0.5, 0.6) is 0 Å². The van der Waals surface area contributed by atoms with Crippen LogP contribution in [0.3, 0.4) is 0 Å². The first-order valence-corrected chi connectivity index (χ1v) is 7.44. The number of rotatable bonds is 7. The molecule has 0 aliphatic rings. The minimum absolute atomic E-state index is 0.140. The molecule has 1 aromatic rings. The monoisotopic (exact) mass is 342 g/mol. The standard InChI is InChI=1S/C14H19Cl2F3N2/c1-3-21(9-14(17,18)19)8-7-12(20-2)10-5-4-6-11(15)13(10)16/h4-6,12,20H,3,7-9H2,1-2H3. The number of halogens is 5. The summed E-state index contributed by atoms with van der Waals surface area (Å²) in [4.78, 5) is 1.36. The second-order valence-corrected chi connectivity index (χ2v) is 5.54. The van der Waals surface area contributed by atoms with Crippen molar-refractivity contribution in [1.82, 2.24) is 10.2 Å². The van der Waals surface area contributed by atoms with Gasteiger partial charge in [-0.05, 0) is 31.6 Å². The van der Waals surface area contributed by atoms with E-state index in [1.165, 1.54) is 4.90 Å². The highest BCUT2D eigenvalue weighted by molar-refractivity contribution is 6.42. The molecule has 0 bridgehead atoms. The summed E-state index contributed by atoms with van der Waals surface area (Å²) in [7, 11) is 1.75. The maximum Gasteiger partial charge on any atom is 0.401 e. The Labute approximate surface area is 133 Å². The Hall–Kier alpha value is -0.490. The predicted octanol–water partition coefficient (Wildman–Crippen LogP) is 4.53. The van der Waals surface area contributed by atoms with Crippen molar-refractivity contribution in [3.63, 3.8) is 0 Å². The van der Waals surface area contributed by atoms with Crippen LogP contribution >= 0.6 is 23.2 Å². The van der Waals surface area contributed by atoms with Gasteiger partial charge in [-0.1, -0.05) is 42.3 Å². The van der Waals surface area contributed by atoms with Crippen molar-refractivity contribution in [2.75, 3.05) is 26.7 Å². The third kappa shape index (κ3) is 6.02. The molecular weight excluding hydrogens is 324 g/mol. The number of benzene rings is 1. The molecule has 0 aliphatic heterocycles. The molecular formula is C14H19Cl2F3N2. The lowest BCUT2D eigenvalue weighted by atomic mass is 10.0. The van der Waals surface area contributed by atoms with E-state index in [4.69, 9.17) is 23.2 Å². The van der Waals surface area contributed by atoms with Crippen LogP contribution in [0.15, 0.2) is 18.2 Å². The number of hydrogen-bond acceptors (Lipinski definition) is 2. The van der Waals surface area contributed by atoms with Crippen molar-refractivity contribution in [2.24, 2.45) is 0 Å². The molecule has 0 aromatic heterocycles. The fourth-order valence-electron chi connectivity index (χ4n) is 2.16. The second-order valence-electron chi connectivity index (χ2n) is 4.76. The van der Waals surface area contributed by atoms with Crippen LogP contribution in [0, 0.1) is 0 Å². The van der Waals surface area contributed by atoms with E-state index >= 15 is 0 Å². The van der Waals surface area contributed by atoms with Crippen molar-refractivity contribution in [2.45, 2.75) is 25.6 Å². The van der Waals surface area contributed by atoms with Gasteiger partial charge in [0, 0.05) is 12.6 Å². The van der Waals surface area contributed by atoms with Crippen LogP contribution in [0.4, 0.5) is 13.2 Å². The van der Waals surface area contributed by atoms with Gasteiger partial charge in [0.05, 0.1) is 16.6 Å². The molecule has 21 heavy (non-hydrogen) atoms. The van der Waals surface area contributed by atoms with E-state index in [1.54, 1.807) is 26.1 Å². The van der Waals surface area contributed by atoms with Gasteiger partial charge in [0.2, 0.25) is 0 Å². The normalized spacial score (nSPS) is 13.7. The number of alkyl halides is 3. The second kappa shape index (κ2) is 8.22. The van der Waals surface area contributed by atoms with Gasteiger partial charge >= 0.3 is 6.18 Å². The summed E-state index contributed by atoms with van der Waals surface area (Å²) >= 11 is 12.1. The fourth-order valence-corrected chi connectivity index (χ4v) is 2.60. The van der Waals surface area contributed by atoms with Crippen LogP contribution in [-0.4, -0.2) is 37.8 Å². The van der Waals surface area contributed by atoms with Gasteiger partial charge < -0.3 is 5.32 Å². The van der Waals surface area contributed by atoms with Crippen LogP contribution in [0.25, 0.3) is 0 Å². The molecule has 1 rings (SSSR count). The lowest BCUT2D eigenvalue weighted by Crippen LogP contribution is -2.36. The van der Waals surface area contributed by atoms with Crippen molar-refractivity contribution < 1.29 is 13.2 Å². The van der Waals surface area contributed by atoms with Gasteiger partial charge in [-0.2, -0.15) is 13.2 Å². The molecule has 1 unspecified atom stereocenters. The average Bonchev–Trinajstić information content (AvgIpc) is 2.41. The molecule has 120 valence electrons. The Morgan fingerprint density at radius 3 is 2.48 bits per heavy atom. The molecule has 0 spiro atoms. The Morgan fingerprint density at radius 1 is 1.29 bits per heavy atom. The molecule has 0 radical (unpaired) electrons. The SMILES string of the molecule is CCN(CCC(NC)c1cccc(Cl)c1Cl)CC(F)(F)F.